The van der Waals surface area contributed by atoms with Crippen LogP contribution in [0.4, 0.5) is 0 Å². The number of carbonyl (C=O) groups is 1. The van der Waals surface area contributed by atoms with Crippen molar-refractivity contribution in [2.75, 3.05) is 0 Å². The van der Waals surface area contributed by atoms with Crippen molar-refractivity contribution in [1.29, 1.82) is 0 Å². The van der Waals surface area contributed by atoms with Crippen LogP contribution in [0.15, 0.2) is 22.7 Å². The molecule has 0 heterocycles. The standard InChI is InChI=1S/C12H14BrNO/c1-8-4-2-7-10(13)11(8)12(15)14-9-5-3-6-9/h2,4,7,9H,3,5-6H2,1H3,(H,14,15). The summed E-state index contributed by atoms with van der Waals surface area (Å²) in [6, 6.07) is 6.20. The molecule has 0 aromatic heterocycles. The molecule has 0 spiro atoms. The molecule has 1 amide bonds. The van der Waals surface area contributed by atoms with Gasteiger partial charge in [0.25, 0.3) is 5.91 Å². The zero-order chi connectivity index (χ0) is 10.8. The average molecular weight is 268 g/mol. The lowest BCUT2D eigenvalue weighted by Gasteiger charge is -2.26. The first-order valence-corrected chi connectivity index (χ1v) is 6.04. The lowest BCUT2D eigenvalue weighted by Crippen LogP contribution is -2.39. The summed E-state index contributed by atoms with van der Waals surface area (Å²) in [7, 11) is 0. The van der Waals surface area contributed by atoms with Crippen LogP contribution in [0.25, 0.3) is 0 Å². The van der Waals surface area contributed by atoms with Crippen LogP contribution in [0, 0.1) is 6.92 Å². The minimum atomic E-state index is 0.0460. The Balaban J connectivity index is 2.16. The van der Waals surface area contributed by atoms with Crippen molar-refractivity contribution in [3.8, 4) is 0 Å². The van der Waals surface area contributed by atoms with E-state index in [1.165, 1.54) is 6.42 Å². The number of carbonyl (C=O) groups excluding carboxylic acids is 1. The highest BCUT2D eigenvalue weighted by Gasteiger charge is 2.21. The highest BCUT2D eigenvalue weighted by molar-refractivity contribution is 9.10. The van der Waals surface area contributed by atoms with Gasteiger partial charge in [-0.15, -0.1) is 0 Å². The Morgan fingerprint density at radius 1 is 1.47 bits per heavy atom. The molecule has 1 aromatic carbocycles. The second kappa shape index (κ2) is 4.35. The maximum Gasteiger partial charge on any atom is 0.252 e. The fourth-order valence-electron chi connectivity index (χ4n) is 1.73. The van der Waals surface area contributed by atoms with Crippen LogP contribution < -0.4 is 5.32 Å². The Morgan fingerprint density at radius 3 is 2.73 bits per heavy atom. The molecule has 1 aromatic rings. The van der Waals surface area contributed by atoms with Gasteiger partial charge in [-0.05, 0) is 53.7 Å². The molecule has 1 N–H and O–H groups in total. The number of halogens is 1. The number of amides is 1. The number of hydrogen-bond acceptors (Lipinski definition) is 1. The van der Waals surface area contributed by atoms with Crippen LogP contribution >= 0.6 is 15.9 Å². The van der Waals surface area contributed by atoms with Gasteiger partial charge >= 0.3 is 0 Å². The zero-order valence-electron chi connectivity index (χ0n) is 8.72. The molecular weight excluding hydrogens is 254 g/mol. The molecule has 15 heavy (non-hydrogen) atoms. The summed E-state index contributed by atoms with van der Waals surface area (Å²) < 4.78 is 0.874. The van der Waals surface area contributed by atoms with E-state index >= 15 is 0 Å². The van der Waals surface area contributed by atoms with Gasteiger partial charge in [0, 0.05) is 10.5 Å². The van der Waals surface area contributed by atoms with Crippen molar-refractivity contribution in [3.05, 3.63) is 33.8 Å². The van der Waals surface area contributed by atoms with E-state index in [1.807, 2.05) is 25.1 Å². The topological polar surface area (TPSA) is 29.1 Å². The Morgan fingerprint density at radius 2 is 2.20 bits per heavy atom. The predicted octanol–water partition coefficient (Wildman–Crippen LogP) is 3.04. The van der Waals surface area contributed by atoms with Gasteiger partial charge in [-0.25, -0.2) is 0 Å². The first kappa shape index (κ1) is 10.7. The van der Waals surface area contributed by atoms with E-state index in [-0.39, 0.29) is 5.91 Å². The third-order valence-electron chi connectivity index (χ3n) is 2.89. The summed E-state index contributed by atoms with van der Waals surface area (Å²) in [5.41, 5.74) is 1.78. The van der Waals surface area contributed by atoms with Gasteiger partial charge in [-0.2, -0.15) is 0 Å². The van der Waals surface area contributed by atoms with Gasteiger partial charge in [0.15, 0.2) is 0 Å². The second-order valence-electron chi connectivity index (χ2n) is 4.03. The molecule has 0 saturated heterocycles. The summed E-state index contributed by atoms with van der Waals surface area (Å²) >= 11 is 3.42. The lowest BCUT2D eigenvalue weighted by molar-refractivity contribution is 0.0915. The smallest absolute Gasteiger partial charge is 0.252 e. The Kier molecular flexibility index (Phi) is 3.10. The van der Waals surface area contributed by atoms with Crippen molar-refractivity contribution in [3.63, 3.8) is 0 Å². The molecule has 1 saturated carbocycles. The fraction of sp³-hybridized carbons (Fsp3) is 0.417. The number of hydrogen-bond donors (Lipinski definition) is 1. The van der Waals surface area contributed by atoms with E-state index in [9.17, 15) is 4.79 Å². The molecule has 1 fully saturated rings. The van der Waals surface area contributed by atoms with E-state index in [0.29, 0.717) is 6.04 Å². The summed E-state index contributed by atoms with van der Waals surface area (Å²) in [5, 5.41) is 3.05. The minimum absolute atomic E-state index is 0.0460. The molecule has 0 atom stereocenters. The van der Waals surface area contributed by atoms with E-state index in [4.69, 9.17) is 0 Å². The van der Waals surface area contributed by atoms with Crippen molar-refractivity contribution in [2.45, 2.75) is 32.2 Å². The van der Waals surface area contributed by atoms with E-state index in [0.717, 1.165) is 28.4 Å². The number of rotatable bonds is 2. The van der Waals surface area contributed by atoms with Gasteiger partial charge in [0.05, 0.1) is 5.56 Å². The first-order valence-electron chi connectivity index (χ1n) is 5.24. The summed E-state index contributed by atoms with van der Waals surface area (Å²) in [6.45, 7) is 1.96. The highest BCUT2D eigenvalue weighted by atomic mass is 79.9. The second-order valence-corrected chi connectivity index (χ2v) is 4.89. The fourth-order valence-corrected chi connectivity index (χ4v) is 2.38. The molecule has 3 heteroatoms. The third kappa shape index (κ3) is 2.23. The first-order chi connectivity index (χ1) is 7.18. The van der Waals surface area contributed by atoms with Crippen molar-refractivity contribution >= 4 is 21.8 Å². The number of nitrogens with one attached hydrogen (secondary N) is 1. The van der Waals surface area contributed by atoms with Gasteiger partial charge in [-0.3, -0.25) is 4.79 Å². The molecule has 80 valence electrons. The van der Waals surface area contributed by atoms with Gasteiger partial charge in [-0.1, -0.05) is 12.1 Å². The third-order valence-corrected chi connectivity index (χ3v) is 3.55. The molecule has 1 aliphatic carbocycles. The molecular formula is C12H14BrNO. The number of benzene rings is 1. The van der Waals surface area contributed by atoms with Crippen LogP contribution in [-0.2, 0) is 0 Å². The Labute approximate surface area is 98.2 Å². The van der Waals surface area contributed by atoms with Gasteiger partial charge < -0.3 is 5.32 Å². The molecule has 1 aliphatic rings. The normalized spacial score (nSPS) is 15.9. The van der Waals surface area contributed by atoms with Crippen molar-refractivity contribution in [2.24, 2.45) is 0 Å². The molecule has 0 bridgehead atoms. The average Bonchev–Trinajstić information content (AvgIpc) is 2.11. The van der Waals surface area contributed by atoms with Crippen LogP contribution in [-0.4, -0.2) is 11.9 Å². The summed E-state index contributed by atoms with van der Waals surface area (Å²) in [4.78, 5) is 11.9. The molecule has 2 rings (SSSR count). The SMILES string of the molecule is Cc1cccc(Br)c1C(=O)NC1CCC1. The number of aryl methyl sites for hydroxylation is 1. The Bertz CT molecular complexity index is 365. The van der Waals surface area contributed by atoms with Gasteiger partial charge in [0.1, 0.15) is 0 Å². The zero-order valence-corrected chi connectivity index (χ0v) is 10.3. The summed E-state index contributed by atoms with van der Waals surface area (Å²) in [6.07, 6.45) is 3.48. The quantitative estimate of drug-likeness (QED) is 0.877. The molecule has 0 aliphatic heterocycles. The predicted molar refractivity (Wildman–Crippen MR) is 64.0 cm³/mol. The van der Waals surface area contributed by atoms with E-state index in [1.54, 1.807) is 0 Å². The minimum Gasteiger partial charge on any atom is -0.349 e. The van der Waals surface area contributed by atoms with Crippen LogP contribution in [0.1, 0.15) is 35.2 Å². The maximum atomic E-state index is 11.9. The Hall–Kier alpha value is -0.830. The van der Waals surface area contributed by atoms with Crippen LogP contribution in [0.5, 0.6) is 0 Å². The van der Waals surface area contributed by atoms with E-state index in [2.05, 4.69) is 21.2 Å². The van der Waals surface area contributed by atoms with Crippen LogP contribution in [0.3, 0.4) is 0 Å². The maximum absolute atomic E-state index is 11.9. The summed E-state index contributed by atoms with van der Waals surface area (Å²) in [5.74, 6) is 0.0460. The largest absolute Gasteiger partial charge is 0.349 e. The van der Waals surface area contributed by atoms with Gasteiger partial charge in [0.2, 0.25) is 0 Å². The van der Waals surface area contributed by atoms with Crippen molar-refractivity contribution < 1.29 is 4.79 Å². The molecule has 0 unspecified atom stereocenters. The highest BCUT2D eigenvalue weighted by Crippen LogP contribution is 2.22. The lowest BCUT2D eigenvalue weighted by atomic mass is 9.92. The molecule has 0 radical (unpaired) electrons. The van der Waals surface area contributed by atoms with Crippen LogP contribution in [0.2, 0.25) is 0 Å². The monoisotopic (exact) mass is 267 g/mol. The molecule has 2 nitrogen and oxygen atoms in total. The van der Waals surface area contributed by atoms with Crippen molar-refractivity contribution in [1.82, 2.24) is 5.32 Å². The van der Waals surface area contributed by atoms with E-state index < -0.39 is 0 Å².